The predicted molar refractivity (Wildman–Crippen MR) is 118 cm³/mol. The molecular formula is C26H29NO2. The van der Waals surface area contributed by atoms with Gasteiger partial charge in [0.15, 0.2) is 0 Å². The maximum Gasteiger partial charge on any atom is 0.127 e. The zero-order valence-corrected chi connectivity index (χ0v) is 17.2. The lowest BCUT2D eigenvalue weighted by molar-refractivity contribution is 0.401. The van der Waals surface area contributed by atoms with E-state index in [-0.39, 0.29) is 5.54 Å². The summed E-state index contributed by atoms with van der Waals surface area (Å²) in [5.74, 6) is 2.63. The Hall–Kier alpha value is -2.78. The van der Waals surface area contributed by atoms with Gasteiger partial charge in [-0.2, -0.15) is 0 Å². The fraction of sp³-hybridized carbons (Fsp3) is 0.308. The Labute approximate surface area is 173 Å². The van der Waals surface area contributed by atoms with Crippen LogP contribution in [0.25, 0.3) is 0 Å². The summed E-state index contributed by atoms with van der Waals surface area (Å²) < 4.78 is 11.3. The normalized spacial score (nSPS) is 15.5. The van der Waals surface area contributed by atoms with Gasteiger partial charge in [-0.05, 0) is 66.8 Å². The average molecular weight is 388 g/mol. The van der Waals surface area contributed by atoms with E-state index in [4.69, 9.17) is 9.47 Å². The summed E-state index contributed by atoms with van der Waals surface area (Å²) in [6, 6.07) is 27.3. The van der Waals surface area contributed by atoms with Crippen LogP contribution in [0.4, 0.5) is 0 Å². The molecule has 0 aliphatic heterocycles. The third kappa shape index (κ3) is 4.63. The Bertz CT molecular complexity index is 900. The van der Waals surface area contributed by atoms with Crippen LogP contribution in [0.3, 0.4) is 0 Å². The highest BCUT2D eigenvalue weighted by molar-refractivity contribution is 5.37. The van der Waals surface area contributed by atoms with Gasteiger partial charge in [0.2, 0.25) is 0 Å². The fourth-order valence-electron chi connectivity index (χ4n) is 3.89. The molecule has 1 aliphatic rings. The summed E-state index contributed by atoms with van der Waals surface area (Å²) in [4.78, 5) is 0. The third-order valence-corrected chi connectivity index (χ3v) is 5.68. The topological polar surface area (TPSA) is 30.5 Å². The van der Waals surface area contributed by atoms with Gasteiger partial charge in [-0.1, -0.05) is 55.8 Å². The zero-order chi connectivity index (χ0) is 20.1. The average Bonchev–Trinajstić information content (AvgIpc) is 3.56. The van der Waals surface area contributed by atoms with E-state index < -0.39 is 0 Å². The first kappa shape index (κ1) is 19.5. The first-order valence-corrected chi connectivity index (χ1v) is 10.5. The molecule has 3 heteroatoms. The van der Waals surface area contributed by atoms with Crippen LogP contribution in [0.2, 0.25) is 0 Å². The summed E-state index contributed by atoms with van der Waals surface area (Å²) in [7, 11) is 1.71. The fourth-order valence-corrected chi connectivity index (χ4v) is 3.89. The molecule has 3 aromatic rings. The highest BCUT2D eigenvalue weighted by atomic mass is 16.5. The Morgan fingerprint density at radius 1 is 0.828 bits per heavy atom. The van der Waals surface area contributed by atoms with Crippen LogP contribution in [0.5, 0.6) is 17.2 Å². The molecule has 0 aromatic heterocycles. The number of nitrogens with one attached hydrogen (secondary N) is 1. The van der Waals surface area contributed by atoms with Crippen molar-refractivity contribution in [1.82, 2.24) is 5.32 Å². The summed E-state index contributed by atoms with van der Waals surface area (Å²) >= 11 is 0. The predicted octanol–water partition coefficient (Wildman–Crippen LogP) is 6.61. The molecule has 0 saturated heterocycles. The van der Waals surface area contributed by atoms with E-state index in [9.17, 15) is 0 Å². The first-order valence-electron chi connectivity index (χ1n) is 10.5. The minimum Gasteiger partial charge on any atom is -0.497 e. The monoisotopic (exact) mass is 387 g/mol. The van der Waals surface area contributed by atoms with Crippen molar-refractivity contribution in [2.24, 2.45) is 0 Å². The van der Waals surface area contributed by atoms with Gasteiger partial charge in [0.1, 0.15) is 17.2 Å². The zero-order valence-electron chi connectivity index (χ0n) is 17.2. The smallest absolute Gasteiger partial charge is 0.127 e. The van der Waals surface area contributed by atoms with E-state index in [1.54, 1.807) is 7.11 Å². The second-order valence-corrected chi connectivity index (χ2v) is 7.78. The molecule has 1 fully saturated rings. The van der Waals surface area contributed by atoms with Crippen molar-refractivity contribution in [3.63, 3.8) is 0 Å². The molecule has 0 bridgehead atoms. The number of para-hydroxylation sites is 1. The van der Waals surface area contributed by atoms with Crippen molar-refractivity contribution < 1.29 is 9.47 Å². The molecule has 3 aromatic carbocycles. The van der Waals surface area contributed by atoms with Gasteiger partial charge in [0, 0.05) is 11.6 Å². The van der Waals surface area contributed by atoms with E-state index in [1.807, 2.05) is 30.3 Å². The second-order valence-electron chi connectivity index (χ2n) is 7.78. The maximum absolute atomic E-state index is 5.95. The van der Waals surface area contributed by atoms with Gasteiger partial charge in [0.25, 0.3) is 0 Å². The SMILES string of the molecule is CCCC(NC1(c2ccc(OC)cc2)CC1)c1ccc(Oc2ccccc2)cc1. The van der Waals surface area contributed by atoms with Gasteiger partial charge in [-0.25, -0.2) is 0 Å². The Kier molecular flexibility index (Phi) is 5.86. The molecular weight excluding hydrogens is 358 g/mol. The number of hydrogen-bond donors (Lipinski definition) is 1. The van der Waals surface area contributed by atoms with Gasteiger partial charge < -0.3 is 14.8 Å². The number of benzene rings is 3. The van der Waals surface area contributed by atoms with Crippen LogP contribution in [-0.2, 0) is 5.54 Å². The summed E-state index contributed by atoms with van der Waals surface area (Å²) in [5.41, 5.74) is 2.75. The lowest BCUT2D eigenvalue weighted by Crippen LogP contribution is -2.33. The van der Waals surface area contributed by atoms with E-state index in [2.05, 4.69) is 60.8 Å². The highest BCUT2D eigenvalue weighted by Gasteiger charge is 2.45. The van der Waals surface area contributed by atoms with Crippen LogP contribution in [0, 0.1) is 0 Å². The first-order chi connectivity index (χ1) is 14.2. The van der Waals surface area contributed by atoms with Gasteiger partial charge in [-0.15, -0.1) is 0 Å². The molecule has 29 heavy (non-hydrogen) atoms. The molecule has 4 rings (SSSR count). The Morgan fingerprint density at radius 3 is 2.03 bits per heavy atom. The molecule has 3 nitrogen and oxygen atoms in total. The van der Waals surface area contributed by atoms with Crippen molar-refractivity contribution in [3.8, 4) is 17.2 Å². The van der Waals surface area contributed by atoms with E-state index >= 15 is 0 Å². The number of hydrogen-bond acceptors (Lipinski definition) is 3. The second kappa shape index (κ2) is 8.71. The standard InChI is InChI=1S/C26H29NO2/c1-3-7-25(27-26(18-19-26)21-12-16-22(28-2)17-13-21)20-10-14-24(15-11-20)29-23-8-5-4-6-9-23/h4-6,8-17,25,27H,3,7,18-19H2,1-2H3. The minimum absolute atomic E-state index is 0.0886. The molecule has 0 heterocycles. The summed E-state index contributed by atoms with van der Waals surface area (Å²) in [5, 5.41) is 3.96. The molecule has 0 spiro atoms. The summed E-state index contributed by atoms with van der Waals surface area (Å²) in [6.07, 6.45) is 4.60. The van der Waals surface area contributed by atoms with E-state index in [0.29, 0.717) is 6.04 Å². The van der Waals surface area contributed by atoms with Crippen LogP contribution < -0.4 is 14.8 Å². The van der Waals surface area contributed by atoms with Crippen LogP contribution in [-0.4, -0.2) is 7.11 Å². The Morgan fingerprint density at radius 2 is 1.45 bits per heavy atom. The van der Waals surface area contributed by atoms with Gasteiger partial charge in [-0.3, -0.25) is 0 Å². The van der Waals surface area contributed by atoms with Crippen molar-refractivity contribution >= 4 is 0 Å². The van der Waals surface area contributed by atoms with Crippen molar-refractivity contribution in [2.75, 3.05) is 7.11 Å². The van der Waals surface area contributed by atoms with Gasteiger partial charge >= 0.3 is 0 Å². The lowest BCUT2D eigenvalue weighted by atomic mass is 9.97. The van der Waals surface area contributed by atoms with Crippen molar-refractivity contribution in [3.05, 3.63) is 90.0 Å². The minimum atomic E-state index is 0.0886. The Balaban J connectivity index is 1.48. The highest BCUT2D eigenvalue weighted by Crippen LogP contribution is 2.48. The molecule has 1 saturated carbocycles. The molecule has 1 N–H and O–H groups in total. The van der Waals surface area contributed by atoms with Crippen molar-refractivity contribution in [2.45, 2.75) is 44.2 Å². The quantitative estimate of drug-likeness (QED) is 0.448. The van der Waals surface area contributed by atoms with Crippen molar-refractivity contribution in [1.29, 1.82) is 0 Å². The lowest BCUT2D eigenvalue weighted by Gasteiger charge is -2.27. The third-order valence-electron chi connectivity index (χ3n) is 5.68. The van der Waals surface area contributed by atoms with Crippen LogP contribution >= 0.6 is 0 Å². The number of ether oxygens (including phenoxy) is 2. The molecule has 150 valence electrons. The van der Waals surface area contributed by atoms with Crippen LogP contribution in [0.15, 0.2) is 78.9 Å². The van der Waals surface area contributed by atoms with Gasteiger partial charge in [0.05, 0.1) is 7.11 Å². The number of rotatable bonds is 9. The van der Waals surface area contributed by atoms with Crippen LogP contribution in [0.1, 0.15) is 49.8 Å². The van der Waals surface area contributed by atoms with E-state index in [0.717, 1.165) is 30.1 Å². The molecule has 1 unspecified atom stereocenters. The molecule has 1 aliphatic carbocycles. The largest absolute Gasteiger partial charge is 0.497 e. The van der Waals surface area contributed by atoms with E-state index in [1.165, 1.54) is 24.0 Å². The maximum atomic E-state index is 5.95. The molecule has 0 radical (unpaired) electrons. The summed E-state index contributed by atoms with van der Waals surface area (Å²) in [6.45, 7) is 2.24. The molecule has 0 amide bonds. The molecule has 1 atom stereocenters. The number of methoxy groups -OCH3 is 1.